The number of hydrogen-bond acceptors (Lipinski definition) is 2. The molecule has 0 bridgehead atoms. The van der Waals surface area contributed by atoms with Crippen molar-refractivity contribution in [2.24, 2.45) is 0 Å². The van der Waals surface area contributed by atoms with Gasteiger partial charge in [-0.3, -0.25) is 0 Å². The molecule has 20 heavy (non-hydrogen) atoms. The molecule has 110 valence electrons. The molecule has 1 unspecified atom stereocenters. The molecule has 0 aromatic heterocycles. The maximum Gasteiger partial charge on any atom is 0.125 e. The summed E-state index contributed by atoms with van der Waals surface area (Å²) < 4.78 is 19.8. The number of halogens is 1. The summed E-state index contributed by atoms with van der Waals surface area (Å²) in [7, 11) is 0. The fourth-order valence-electron chi connectivity index (χ4n) is 3.60. The van der Waals surface area contributed by atoms with Gasteiger partial charge in [0.25, 0.3) is 0 Å². The zero-order chi connectivity index (χ0) is 14.0. The highest BCUT2D eigenvalue weighted by atomic mass is 19.1. The lowest BCUT2D eigenvalue weighted by atomic mass is 9.86. The molecule has 1 fully saturated rings. The maximum absolute atomic E-state index is 13.5. The van der Waals surface area contributed by atoms with E-state index in [0.29, 0.717) is 0 Å². The van der Waals surface area contributed by atoms with E-state index in [-0.39, 0.29) is 17.5 Å². The lowest BCUT2D eigenvalue weighted by molar-refractivity contribution is 0.0365. The monoisotopic (exact) mass is 277 g/mol. The zero-order valence-electron chi connectivity index (χ0n) is 12.3. The van der Waals surface area contributed by atoms with E-state index < -0.39 is 0 Å². The summed E-state index contributed by atoms with van der Waals surface area (Å²) in [6.07, 6.45) is 8.08. The van der Waals surface area contributed by atoms with E-state index in [4.69, 9.17) is 4.74 Å². The van der Waals surface area contributed by atoms with Crippen LogP contribution in [-0.2, 0) is 0 Å². The highest BCUT2D eigenvalue weighted by molar-refractivity contribution is 5.39. The molecule has 1 spiro atoms. The van der Waals surface area contributed by atoms with Crippen molar-refractivity contribution in [3.8, 4) is 5.75 Å². The number of unbranched alkanes of at least 4 members (excludes halogenated alkanes) is 1. The van der Waals surface area contributed by atoms with Crippen molar-refractivity contribution < 1.29 is 9.13 Å². The van der Waals surface area contributed by atoms with Crippen LogP contribution in [0.4, 0.5) is 4.39 Å². The molecule has 1 N–H and O–H groups in total. The summed E-state index contributed by atoms with van der Waals surface area (Å²) in [5.41, 5.74) is 0.993. The van der Waals surface area contributed by atoms with Gasteiger partial charge in [-0.1, -0.05) is 13.3 Å². The maximum atomic E-state index is 13.5. The van der Waals surface area contributed by atoms with E-state index in [1.807, 2.05) is 0 Å². The first kappa shape index (κ1) is 13.9. The minimum absolute atomic E-state index is 0.00525. The largest absolute Gasteiger partial charge is 0.487 e. The standard InChI is InChI=1S/C17H24FNO/c1-2-3-10-19-15-12-17(8-4-5-9-17)20-16-7-6-13(18)11-14(15)16/h6-7,11,15,19H,2-5,8-10,12H2,1H3. The SMILES string of the molecule is CCCCNC1CC2(CCCC2)Oc2ccc(F)cc21. The number of fused-ring (bicyclic) bond motifs is 1. The summed E-state index contributed by atoms with van der Waals surface area (Å²) in [6, 6.07) is 5.19. The summed E-state index contributed by atoms with van der Waals surface area (Å²) in [5.74, 6) is 0.713. The van der Waals surface area contributed by atoms with Crippen LogP contribution in [0.25, 0.3) is 0 Å². The molecule has 3 rings (SSSR count). The Morgan fingerprint density at radius 1 is 1.35 bits per heavy atom. The summed E-state index contributed by atoms with van der Waals surface area (Å²) in [6.45, 7) is 3.19. The van der Waals surface area contributed by atoms with Gasteiger partial charge >= 0.3 is 0 Å². The molecule has 1 heterocycles. The fraction of sp³-hybridized carbons (Fsp3) is 0.647. The van der Waals surface area contributed by atoms with Gasteiger partial charge in [0.2, 0.25) is 0 Å². The van der Waals surface area contributed by atoms with Crippen LogP contribution in [0.5, 0.6) is 5.75 Å². The third-order valence-electron chi connectivity index (χ3n) is 4.69. The Bertz CT molecular complexity index is 468. The van der Waals surface area contributed by atoms with Gasteiger partial charge in [0, 0.05) is 18.0 Å². The Labute approximate surface area is 120 Å². The molecular formula is C17H24FNO. The third-order valence-corrected chi connectivity index (χ3v) is 4.69. The van der Waals surface area contributed by atoms with Gasteiger partial charge in [-0.2, -0.15) is 0 Å². The Morgan fingerprint density at radius 2 is 2.15 bits per heavy atom. The quantitative estimate of drug-likeness (QED) is 0.826. The van der Waals surface area contributed by atoms with Gasteiger partial charge < -0.3 is 10.1 Å². The zero-order valence-corrected chi connectivity index (χ0v) is 12.3. The molecule has 1 aliphatic heterocycles. The minimum Gasteiger partial charge on any atom is -0.487 e. The van der Waals surface area contributed by atoms with Crippen LogP contribution in [0.1, 0.15) is 63.5 Å². The van der Waals surface area contributed by atoms with E-state index in [2.05, 4.69) is 12.2 Å². The Balaban J connectivity index is 1.85. The summed E-state index contributed by atoms with van der Waals surface area (Å²) in [4.78, 5) is 0. The second kappa shape index (κ2) is 5.72. The van der Waals surface area contributed by atoms with Crippen LogP contribution < -0.4 is 10.1 Å². The Kier molecular flexibility index (Phi) is 3.97. The van der Waals surface area contributed by atoms with E-state index in [1.54, 1.807) is 12.1 Å². The summed E-state index contributed by atoms with van der Waals surface area (Å²) in [5, 5.41) is 3.61. The second-order valence-corrected chi connectivity index (χ2v) is 6.24. The van der Waals surface area contributed by atoms with Crippen molar-refractivity contribution in [1.82, 2.24) is 5.32 Å². The second-order valence-electron chi connectivity index (χ2n) is 6.24. The lowest BCUT2D eigenvalue weighted by Crippen LogP contribution is -2.42. The van der Waals surface area contributed by atoms with Crippen LogP contribution in [0.15, 0.2) is 18.2 Å². The van der Waals surface area contributed by atoms with Gasteiger partial charge in [0.05, 0.1) is 0 Å². The van der Waals surface area contributed by atoms with Crippen molar-refractivity contribution in [1.29, 1.82) is 0 Å². The predicted octanol–water partition coefficient (Wildman–Crippen LogP) is 4.35. The number of rotatable bonds is 4. The smallest absolute Gasteiger partial charge is 0.125 e. The number of nitrogens with one attached hydrogen (secondary N) is 1. The molecule has 3 heteroatoms. The molecule has 1 aliphatic carbocycles. The van der Waals surface area contributed by atoms with Crippen molar-refractivity contribution in [2.45, 2.75) is 63.5 Å². The third kappa shape index (κ3) is 2.69. The van der Waals surface area contributed by atoms with Crippen LogP contribution in [0.3, 0.4) is 0 Å². The van der Waals surface area contributed by atoms with E-state index >= 15 is 0 Å². The molecule has 0 amide bonds. The molecule has 1 aromatic carbocycles. The van der Waals surface area contributed by atoms with Crippen LogP contribution in [0.2, 0.25) is 0 Å². The highest BCUT2D eigenvalue weighted by Gasteiger charge is 2.42. The van der Waals surface area contributed by atoms with Gasteiger partial charge in [-0.25, -0.2) is 4.39 Å². The van der Waals surface area contributed by atoms with Crippen LogP contribution in [0, 0.1) is 5.82 Å². The first-order chi connectivity index (χ1) is 9.72. The first-order valence-corrected chi connectivity index (χ1v) is 7.94. The molecule has 2 aliphatic rings. The van der Waals surface area contributed by atoms with Crippen molar-refractivity contribution in [3.05, 3.63) is 29.6 Å². The average Bonchev–Trinajstić information content (AvgIpc) is 2.88. The Morgan fingerprint density at radius 3 is 2.90 bits per heavy atom. The average molecular weight is 277 g/mol. The first-order valence-electron chi connectivity index (χ1n) is 7.94. The van der Waals surface area contributed by atoms with E-state index in [9.17, 15) is 4.39 Å². The van der Waals surface area contributed by atoms with Crippen molar-refractivity contribution in [3.63, 3.8) is 0 Å². The van der Waals surface area contributed by atoms with Crippen LogP contribution in [-0.4, -0.2) is 12.1 Å². The summed E-state index contributed by atoms with van der Waals surface area (Å²) >= 11 is 0. The molecule has 0 saturated heterocycles. The van der Waals surface area contributed by atoms with Gasteiger partial charge in [-0.15, -0.1) is 0 Å². The molecule has 1 atom stereocenters. The molecule has 0 radical (unpaired) electrons. The van der Waals surface area contributed by atoms with Crippen LogP contribution >= 0.6 is 0 Å². The molecule has 1 saturated carbocycles. The molecule has 2 nitrogen and oxygen atoms in total. The fourth-order valence-corrected chi connectivity index (χ4v) is 3.60. The topological polar surface area (TPSA) is 21.3 Å². The predicted molar refractivity (Wildman–Crippen MR) is 78.5 cm³/mol. The molecule has 1 aromatic rings. The van der Waals surface area contributed by atoms with Crippen molar-refractivity contribution >= 4 is 0 Å². The number of ether oxygens (including phenoxy) is 1. The Hall–Kier alpha value is -1.09. The number of benzene rings is 1. The van der Waals surface area contributed by atoms with E-state index in [1.165, 1.54) is 25.3 Å². The molecular weight excluding hydrogens is 253 g/mol. The van der Waals surface area contributed by atoms with E-state index in [0.717, 1.165) is 43.5 Å². The van der Waals surface area contributed by atoms with Gasteiger partial charge in [-0.05, 0) is 56.8 Å². The van der Waals surface area contributed by atoms with Crippen molar-refractivity contribution in [2.75, 3.05) is 6.54 Å². The number of hydrogen-bond donors (Lipinski definition) is 1. The van der Waals surface area contributed by atoms with Gasteiger partial charge in [0.15, 0.2) is 0 Å². The minimum atomic E-state index is -0.169. The lowest BCUT2D eigenvalue weighted by Gasteiger charge is -2.40. The highest BCUT2D eigenvalue weighted by Crippen LogP contribution is 2.47. The normalized spacial score (nSPS) is 23.6. The van der Waals surface area contributed by atoms with Gasteiger partial charge in [0.1, 0.15) is 17.2 Å².